The molecule has 2 aliphatic heterocycles. The van der Waals surface area contributed by atoms with Gasteiger partial charge in [-0.1, -0.05) is 13.8 Å². The van der Waals surface area contributed by atoms with Crippen molar-refractivity contribution in [3.63, 3.8) is 0 Å². The van der Waals surface area contributed by atoms with E-state index >= 15 is 0 Å². The molecule has 2 aliphatic carbocycles. The zero-order chi connectivity index (χ0) is 14.7. The van der Waals surface area contributed by atoms with Gasteiger partial charge in [0.15, 0.2) is 4.27 Å². The minimum atomic E-state index is 0.00515. The van der Waals surface area contributed by atoms with Gasteiger partial charge in [-0.3, -0.25) is 0 Å². The lowest BCUT2D eigenvalue weighted by Crippen LogP contribution is -2.48. The van der Waals surface area contributed by atoms with Gasteiger partial charge in [0.25, 0.3) is 0 Å². The highest BCUT2D eigenvalue weighted by Gasteiger charge is 2.65. The highest BCUT2D eigenvalue weighted by molar-refractivity contribution is 8.18. The molecule has 0 bridgehead atoms. The summed E-state index contributed by atoms with van der Waals surface area (Å²) >= 11 is 4.08. The molecule has 4 heteroatoms. The lowest BCUT2D eigenvalue weighted by Gasteiger charge is -2.51. The fourth-order valence-electron chi connectivity index (χ4n) is 5.84. The number of hydrogen-bond donors (Lipinski definition) is 0. The van der Waals surface area contributed by atoms with Gasteiger partial charge in [-0.25, -0.2) is 0 Å². The Bertz CT molecular complexity index is 444. The van der Waals surface area contributed by atoms with Crippen LogP contribution in [0.25, 0.3) is 0 Å². The zero-order valence-electron chi connectivity index (χ0n) is 13.1. The van der Waals surface area contributed by atoms with Crippen molar-refractivity contribution in [1.29, 1.82) is 0 Å². The van der Waals surface area contributed by atoms with Crippen LogP contribution in [0.3, 0.4) is 0 Å². The van der Waals surface area contributed by atoms with Crippen LogP contribution < -0.4 is 0 Å². The first-order chi connectivity index (χ1) is 9.99. The van der Waals surface area contributed by atoms with Crippen LogP contribution in [-0.4, -0.2) is 28.7 Å². The standard InChI is InChI=1S/C17H26O2S2/c1-15(2)7-13-6-12(8-18)14-9-19-17(11-16(13,14)10-15)20-4-3-5-21-17/h8,12-14H,3-7,9-11H2,1-2H3/t12-,13-,14+,16-/m1/s1. The number of thioether (sulfide) groups is 2. The summed E-state index contributed by atoms with van der Waals surface area (Å²) in [5.41, 5.74) is 0.823. The quantitative estimate of drug-likeness (QED) is 0.675. The molecule has 4 atom stereocenters. The Balaban J connectivity index is 1.68. The number of aldehydes is 1. The summed E-state index contributed by atoms with van der Waals surface area (Å²) in [5, 5.41) is 0. The van der Waals surface area contributed by atoms with E-state index in [1.165, 1.54) is 43.5 Å². The third-order valence-corrected chi connectivity index (χ3v) is 9.46. The topological polar surface area (TPSA) is 26.3 Å². The molecule has 0 N–H and O–H groups in total. The lowest BCUT2D eigenvalue weighted by molar-refractivity contribution is -0.119. The van der Waals surface area contributed by atoms with Gasteiger partial charge in [0.2, 0.25) is 0 Å². The number of carbonyl (C=O) groups is 1. The number of hydrogen-bond acceptors (Lipinski definition) is 4. The minimum Gasteiger partial charge on any atom is -0.355 e. The Labute approximate surface area is 136 Å². The molecule has 0 radical (unpaired) electrons. The number of rotatable bonds is 1. The third kappa shape index (κ3) is 2.23. The number of ether oxygens (including phenoxy) is 1. The van der Waals surface area contributed by atoms with Crippen LogP contribution in [-0.2, 0) is 9.53 Å². The Morgan fingerprint density at radius 1 is 1.19 bits per heavy atom. The summed E-state index contributed by atoms with van der Waals surface area (Å²) < 4.78 is 6.40. The van der Waals surface area contributed by atoms with Gasteiger partial charge in [-0.05, 0) is 59.9 Å². The SMILES string of the molecule is CC1(C)C[C@H]2C[C@H](C=O)[C@@H]3COC4(C[C@]23C1)SCCCS4. The maximum atomic E-state index is 11.6. The van der Waals surface area contributed by atoms with Crippen LogP contribution in [0.4, 0.5) is 0 Å². The van der Waals surface area contributed by atoms with Gasteiger partial charge < -0.3 is 9.53 Å². The van der Waals surface area contributed by atoms with E-state index in [0.29, 0.717) is 16.7 Å². The molecule has 2 saturated carbocycles. The molecule has 4 aliphatic rings. The monoisotopic (exact) mass is 326 g/mol. The molecule has 0 amide bonds. The molecule has 2 nitrogen and oxygen atoms in total. The Morgan fingerprint density at radius 2 is 1.95 bits per heavy atom. The molecule has 2 heterocycles. The molecule has 4 fully saturated rings. The molecule has 2 saturated heterocycles. The molecule has 0 aromatic carbocycles. The maximum absolute atomic E-state index is 11.6. The second kappa shape index (κ2) is 4.91. The minimum absolute atomic E-state index is 0.00515. The van der Waals surface area contributed by atoms with Crippen LogP contribution in [0.1, 0.15) is 46.0 Å². The average molecular weight is 327 g/mol. The fourth-order valence-corrected chi connectivity index (χ4v) is 9.10. The Morgan fingerprint density at radius 3 is 2.67 bits per heavy atom. The third-order valence-electron chi connectivity index (χ3n) is 6.37. The van der Waals surface area contributed by atoms with E-state index in [4.69, 9.17) is 4.74 Å². The van der Waals surface area contributed by atoms with Crippen LogP contribution in [0.15, 0.2) is 0 Å². The van der Waals surface area contributed by atoms with Crippen molar-refractivity contribution < 1.29 is 9.53 Å². The first-order valence-corrected chi connectivity index (χ1v) is 10.3. The van der Waals surface area contributed by atoms with Crippen molar-refractivity contribution in [2.24, 2.45) is 28.6 Å². The van der Waals surface area contributed by atoms with E-state index in [0.717, 1.165) is 18.9 Å². The van der Waals surface area contributed by atoms with Crippen LogP contribution >= 0.6 is 23.5 Å². The Kier molecular flexibility index (Phi) is 3.48. The normalized spacial score (nSPS) is 47.0. The molecule has 118 valence electrons. The largest absolute Gasteiger partial charge is 0.355 e. The van der Waals surface area contributed by atoms with Gasteiger partial charge in [-0.15, -0.1) is 23.5 Å². The Hall–Kier alpha value is 0.330. The van der Waals surface area contributed by atoms with Crippen molar-refractivity contribution in [3.05, 3.63) is 0 Å². The molecule has 0 unspecified atom stereocenters. The van der Waals surface area contributed by atoms with Crippen LogP contribution in [0.5, 0.6) is 0 Å². The van der Waals surface area contributed by atoms with Crippen molar-refractivity contribution >= 4 is 29.8 Å². The molecular weight excluding hydrogens is 300 g/mol. The lowest BCUT2D eigenvalue weighted by atomic mass is 9.67. The van der Waals surface area contributed by atoms with E-state index < -0.39 is 0 Å². The molecule has 4 rings (SSSR count). The predicted molar refractivity (Wildman–Crippen MR) is 89.4 cm³/mol. The summed E-state index contributed by atoms with van der Waals surface area (Å²) in [4.78, 5) is 11.6. The average Bonchev–Trinajstić information content (AvgIpc) is 2.83. The summed E-state index contributed by atoms with van der Waals surface area (Å²) in [7, 11) is 0. The maximum Gasteiger partial charge on any atom is 0.161 e. The van der Waals surface area contributed by atoms with E-state index in [9.17, 15) is 4.79 Å². The van der Waals surface area contributed by atoms with E-state index in [-0.39, 0.29) is 10.2 Å². The summed E-state index contributed by atoms with van der Waals surface area (Å²) in [5.74, 6) is 3.95. The van der Waals surface area contributed by atoms with Gasteiger partial charge in [0.05, 0.1) is 6.61 Å². The molecule has 21 heavy (non-hydrogen) atoms. The van der Waals surface area contributed by atoms with Crippen molar-refractivity contribution in [2.75, 3.05) is 18.1 Å². The predicted octanol–water partition coefficient (Wildman–Crippen LogP) is 4.19. The van der Waals surface area contributed by atoms with E-state index in [1.54, 1.807) is 0 Å². The highest BCUT2D eigenvalue weighted by atomic mass is 32.2. The van der Waals surface area contributed by atoms with Crippen molar-refractivity contribution in [1.82, 2.24) is 0 Å². The van der Waals surface area contributed by atoms with Gasteiger partial charge in [-0.2, -0.15) is 0 Å². The first kappa shape index (κ1) is 14.9. The molecule has 0 aromatic rings. The molecule has 0 aromatic heterocycles. The summed E-state index contributed by atoms with van der Waals surface area (Å²) in [6, 6.07) is 0. The van der Waals surface area contributed by atoms with Gasteiger partial charge in [0, 0.05) is 12.3 Å². The van der Waals surface area contributed by atoms with Crippen molar-refractivity contribution in [2.45, 2.75) is 50.2 Å². The fraction of sp³-hybridized carbons (Fsp3) is 0.941. The van der Waals surface area contributed by atoms with E-state index in [2.05, 4.69) is 13.8 Å². The van der Waals surface area contributed by atoms with E-state index in [1.807, 2.05) is 23.5 Å². The van der Waals surface area contributed by atoms with Gasteiger partial charge in [0.1, 0.15) is 6.29 Å². The molecule has 2 spiro atoms. The molecular formula is C17H26O2S2. The van der Waals surface area contributed by atoms with Gasteiger partial charge >= 0.3 is 0 Å². The second-order valence-corrected chi connectivity index (χ2v) is 11.3. The van der Waals surface area contributed by atoms with Crippen molar-refractivity contribution in [3.8, 4) is 0 Å². The summed E-state index contributed by atoms with van der Waals surface area (Å²) in [6.07, 6.45) is 7.44. The van der Waals surface area contributed by atoms with Crippen LogP contribution in [0.2, 0.25) is 0 Å². The van der Waals surface area contributed by atoms with Crippen LogP contribution in [0, 0.1) is 28.6 Å². The zero-order valence-corrected chi connectivity index (χ0v) is 14.7. The first-order valence-electron chi connectivity index (χ1n) is 8.36. The second-order valence-electron chi connectivity index (χ2n) is 8.34. The smallest absolute Gasteiger partial charge is 0.161 e. The highest BCUT2D eigenvalue weighted by Crippen LogP contribution is 2.71. The number of carbonyl (C=O) groups excluding carboxylic acids is 1. The summed E-state index contributed by atoms with van der Waals surface area (Å²) in [6.45, 7) is 5.67.